The number of hydrogen-bond donors (Lipinski definition) is 0. The predicted octanol–water partition coefficient (Wildman–Crippen LogP) is 3.96. The molecule has 2 aliphatic heterocycles. The van der Waals surface area contributed by atoms with Gasteiger partial charge < -0.3 is 10.3 Å². The molecule has 0 saturated carbocycles. The van der Waals surface area contributed by atoms with Crippen LogP contribution >= 0.6 is 11.3 Å². The maximum absolute atomic E-state index is 12.7. The minimum Gasteiger partial charge on any atom is -0.757 e. The molecule has 7 heteroatoms. The summed E-state index contributed by atoms with van der Waals surface area (Å²) in [5.74, 6) is 0.855. The number of nitrogens with zero attached hydrogens (tertiary/aromatic N) is 4. The summed E-state index contributed by atoms with van der Waals surface area (Å²) in [4.78, 5) is 22.8. The maximum atomic E-state index is 12.7. The van der Waals surface area contributed by atoms with Gasteiger partial charge in [0.1, 0.15) is 5.84 Å². The number of hydroxylamine groups is 2. The van der Waals surface area contributed by atoms with Crippen LogP contribution in [0.5, 0.6) is 0 Å². The van der Waals surface area contributed by atoms with E-state index in [0.29, 0.717) is 11.7 Å². The average molecular weight is 362 g/mol. The van der Waals surface area contributed by atoms with Crippen molar-refractivity contribution >= 4 is 23.0 Å². The van der Waals surface area contributed by atoms with Gasteiger partial charge in [0, 0.05) is 10.9 Å². The molecule has 6 nitrogen and oxygen atoms in total. The Balaban J connectivity index is 2.00. The first-order valence-electron chi connectivity index (χ1n) is 8.46. The van der Waals surface area contributed by atoms with Crippen LogP contribution in [0.25, 0.3) is 0 Å². The summed E-state index contributed by atoms with van der Waals surface area (Å²) < 4.78 is 0.984. The number of thiophene rings is 1. The van der Waals surface area contributed by atoms with Gasteiger partial charge in [-0.25, -0.2) is 0 Å². The van der Waals surface area contributed by atoms with Gasteiger partial charge >= 0.3 is 5.84 Å². The maximum Gasteiger partial charge on any atom is 0.365 e. The van der Waals surface area contributed by atoms with Crippen LogP contribution in [0.1, 0.15) is 65.8 Å². The van der Waals surface area contributed by atoms with Crippen molar-refractivity contribution in [2.75, 3.05) is 0 Å². The molecule has 25 heavy (non-hydrogen) atoms. The molecule has 1 aromatic rings. The Bertz CT molecular complexity index is 815. The molecule has 0 bridgehead atoms. The number of hydrogen-bond acceptors (Lipinski definition) is 6. The Kier molecular flexibility index (Phi) is 3.62. The van der Waals surface area contributed by atoms with Gasteiger partial charge in [0.15, 0.2) is 11.1 Å². The van der Waals surface area contributed by atoms with E-state index in [9.17, 15) is 10.1 Å². The van der Waals surface area contributed by atoms with Gasteiger partial charge in [-0.3, -0.25) is 4.99 Å². The number of rotatable bonds is 2. The zero-order chi connectivity index (χ0) is 19.0. The molecule has 3 rings (SSSR count). The van der Waals surface area contributed by atoms with Gasteiger partial charge in [0.05, 0.1) is 16.0 Å². The highest BCUT2D eigenvalue weighted by atomic mass is 32.1. The van der Waals surface area contributed by atoms with E-state index in [1.165, 1.54) is 11.3 Å². The Labute approximate surface area is 152 Å². The monoisotopic (exact) mass is 362 g/mol. The van der Waals surface area contributed by atoms with E-state index < -0.39 is 22.2 Å². The Morgan fingerprint density at radius 1 is 1.04 bits per heavy atom. The third-order valence-electron chi connectivity index (χ3n) is 6.24. The molecular weight excluding hydrogens is 336 g/mol. The van der Waals surface area contributed by atoms with Crippen LogP contribution in [0.2, 0.25) is 0 Å². The van der Waals surface area contributed by atoms with Crippen molar-refractivity contribution in [2.45, 2.75) is 77.5 Å². The second kappa shape index (κ2) is 4.98. The van der Waals surface area contributed by atoms with Crippen LogP contribution in [0.4, 0.5) is 0 Å². The van der Waals surface area contributed by atoms with Crippen molar-refractivity contribution < 1.29 is 4.76 Å². The summed E-state index contributed by atoms with van der Waals surface area (Å²) in [6.07, 6.45) is 0. The van der Waals surface area contributed by atoms with Crippen LogP contribution in [-0.4, -0.2) is 43.7 Å². The Morgan fingerprint density at radius 3 is 2.08 bits per heavy atom. The second-order valence-electron chi connectivity index (χ2n) is 8.90. The van der Waals surface area contributed by atoms with Crippen molar-refractivity contribution in [3.63, 3.8) is 0 Å². The molecule has 0 aliphatic carbocycles. The topological polar surface area (TPSA) is 71.1 Å². The molecule has 0 radical (unpaired) electrons. The summed E-state index contributed by atoms with van der Waals surface area (Å²) in [6.45, 7) is 15.4. The summed E-state index contributed by atoms with van der Waals surface area (Å²) in [5, 5.41) is 15.6. The fourth-order valence-corrected chi connectivity index (χ4v) is 3.68. The van der Waals surface area contributed by atoms with E-state index in [2.05, 4.69) is 9.98 Å². The molecule has 1 aromatic heterocycles. The fraction of sp³-hybridized carbons (Fsp3) is 0.667. The predicted molar refractivity (Wildman–Crippen MR) is 103 cm³/mol. The van der Waals surface area contributed by atoms with E-state index >= 15 is 0 Å². The van der Waals surface area contributed by atoms with E-state index in [0.717, 1.165) is 20.3 Å². The SMILES string of the molecule is CC1(C)N=C(c2cc(C3=NC(C)(C)C(C)(C)[N+]3=O)cs2)N([O-])C1(C)C. The Hall–Kier alpha value is -1.60. The first kappa shape index (κ1) is 18.2. The molecule has 0 amide bonds. The number of amidine groups is 2. The molecule has 0 spiro atoms. The highest BCUT2D eigenvalue weighted by Gasteiger charge is 2.59. The molecule has 0 aromatic carbocycles. The van der Waals surface area contributed by atoms with E-state index in [1.807, 2.05) is 66.8 Å². The van der Waals surface area contributed by atoms with E-state index in [1.54, 1.807) is 0 Å². The van der Waals surface area contributed by atoms with Crippen molar-refractivity contribution in [2.24, 2.45) is 9.98 Å². The minimum atomic E-state index is -0.621. The Morgan fingerprint density at radius 2 is 1.64 bits per heavy atom. The zero-order valence-corrected chi connectivity index (χ0v) is 17.0. The number of aliphatic imine (C=N–C) groups is 2. The average Bonchev–Trinajstić information content (AvgIpc) is 3.06. The van der Waals surface area contributed by atoms with Gasteiger partial charge in [-0.05, 0) is 66.2 Å². The summed E-state index contributed by atoms with van der Waals surface area (Å²) in [6, 6.07) is 1.85. The van der Waals surface area contributed by atoms with Crippen molar-refractivity contribution in [1.82, 2.24) is 5.06 Å². The third-order valence-corrected chi connectivity index (χ3v) is 7.17. The molecule has 0 unspecified atom stereocenters. The van der Waals surface area contributed by atoms with Crippen LogP contribution in [-0.2, 0) is 0 Å². The molecule has 0 atom stereocenters. The molecule has 0 fully saturated rings. The molecule has 3 heterocycles. The van der Waals surface area contributed by atoms with Crippen LogP contribution in [0.15, 0.2) is 21.4 Å². The first-order valence-corrected chi connectivity index (χ1v) is 9.34. The lowest BCUT2D eigenvalue weighted by molar-refractivity contribution is -0.514. The summed E-state index contributed by atoms with van der Waals surface area (Å²) >= 11 is 1.42. The first-order chi connectivity index (χ1) is 11.2. The smallest absolute Gasteiger partial charge is 0.365 e. The summed E-state index contributed by atoms with van der Waals surface area (Å²) in [5.41, 5.74) is -1.46. The summed E-state index contributed by atoms with van der Waals surface area (Å²) in [7, 11) is 0. The van der Waals surface area contributed by atoms with Crippen LogP contribution in [0.3, 0.4) is 0 Å². The van der Waals surface area contributed by atoms with E-state index in [-0.39, 0.29) is 0 Å². The van der Waals surface area contributed by atoms with Crippen LogP contribution < -0.4 is 0 Å². The van der Waals surface area contributed by atoms with E-state index in [4.69, 9.17) is 0 Å². The largest absolute Gasteiger partial charge is 0.757 e. The van der Waals surface area contributed by atoms with Crippen molar-refractivity contribution in [1.29, 1.82) is 0 Å². The quantitative estimate of drug-likeness (QED) is 0.748. The zero-order valence-electron chi connectivity index (χ0n) is 16.2. The fourth-order valence-electron chi connectivity index (χ4n) is 2.83. The lowest BCUT2D eigenvalue weighted by Gasteiger charge is -2.45. The van der Waals surface area contributed by atoms with Crippen LogP contribution in [0, 0.1) is 10.1 Å². The molecule has 0 saturated heterocycles. The normalized spacial score (nSPS) is 26.0. The second-order valence-corrected chi connectivity index (χ2v) is 9.81. The standard InChI is InChI=1S/C18H26N4O2S/c1-15(2)17(5,6)21(23)13(19-15)11-9-12(25-10-11)14-20-16(3,4)18(7,8)22(14)24/h9-10H,1-8H3. The number of nitroso groups, excluding NO2 is 1. The molecular formula is C18H26N4O2S. The molecule has 2 aliphatic rings. The lowest BCUT2D eigenvalue weighted by atomic mass is 9.84. The van der Waals surface area contributed by atoms with Gasteiger partial charge in [-0.2, -0.15) is 0 Å². The van der Waals surface area contributed by atoms with Gasteiger partial charge in [-0.1, -0.05) is 9.90 Å². The highest BCUT2D eigenvalue weighted by Crippen LogP contribution is 2.40. The third kappa shape index (κ3) is 2.32. The van der Waals surface area contributed by atoms with Gasteiger partial charge in [0.25, 0.3) is 0 Å². The van der Waals surface area contributed by atoms with Gasteiger partial charge in [-0.15, -0.1) is 11.3 Å². The molecule has 0 N–H and O–H groups in total. The van der Waals surface area contributed by atoms with Crippen molar-refractivity contribution in [3.8, 4) is 0 Å². The lowest BCUT2D eigenvalue weighted by Crippen LogP contribution is -2.50. The van der Waals surface area contributed by atoms with Crippen molar-refractivity contribution in [3.05, 3.63) is 32.0 Å². The highest BCUT2D eigenvalue weighted by molar-refractivity contribution is 7.12. The molecule has 136 valence electrons. The van der Waals surface area contributed by atoms with Gasteiger partial charge in [0.2, 0.25) is 0 Å². The minimum absolute atomic E-state index is 0.423.